The van der Waals surface area contributed by atoms with Crippen molar-refractivity contribution in [3.8, 4) is 5.75 Å². The summed E-state index contributed by atoms with van der Waals surface area (Å²) in [5.41, 5.74) is 2.81. The van der Waals surface area contributed by atoms with Crippen LogP contribution in [0, 0.1) is 0 Å². The van der Waals surface area contributed by atoms with E-state index in [-0.39, 0.29) is 0 Å². The number of hydrogen-bond donors (Lipinski definition) is 0. The minimum absolute atomic E-state index is 0.325. The van der Waals surface area contributed by atoms with Crippen LogP contribution in [0.15, 0.2) is 71.6 Å². The molecule has 0 aliphatic heterocycles. The fourth-order valence-corrected chi connectivity index (χ4v) is 2.87. The van der Waals surface area contributed by atoms with Crippen molar-refractivity contribution >= 4 is 23.8 Å². The molecule has 2 aromatic heterocycles. The van der Waals surface area contributed by atoms with Crippen LogP contribution < -0.4 is 4.74 Å². The van der Waals surface area contributed by atoms with Gasteiger partial charge in [0.15, 0.2) is 0 Å². The van der Waals surface area contributed by atoms with Gasteiger partial charge < -0.3 is 13.9 Å². The molecule has 0 N–H and O–H groups in total. The first-order valence-electron chi connectivity index (χ1n) is 9.76. The smallest absolute Gasteiger partial charge is 0.218 e. The molecular formula is C23H21ClN4O3. The van der Waals surface area contributed by atoms with E-state index in [1.54, 1.807) is 17.1 Å². The van der Waals surface area contributed by atoms with Crippen LogP contribution >= 0.6 is 11.6 Å². The zero-order valence-electron chi connectivity index (χ0n) is 16.7. The van der Waals surface area contributed by atoms with E-state index in [9.17, 15) is 0 Å². The highest BCUT2D eigenvalue weighted by molar-refractivity contribution is 6.30. The third-order valence-electron chi connectivity index (χ3n) is 4.37. The second-order valence-corrected chi connectivity index (χ2v) is 7.15. The maximum absolute atomic E-state index is 5.89. The molecule has 158 valence electrons. The second kappa shape index (κ2) is 10.6. The molecule has 2 heterocycles. The van der Waals surface area contributed by atoms with Crippen molar-refractivity contribution in [2.75, 3.05) is 6.61 Å². The Morgan fingerprint density at radius 1 is 1.00 bits per heavy atom. The molecule has 0 atom stereocenters. The average molecular weight is 437 g/mol. The van der Waals surface area contributed by atoms with Crippen molar-refractivity contribution in [2.24, 2.45) is 0 Å². The molecular weight excluding hydrogens is 416 g/mol. The van der Waals surface area contributed by atoms with Gasteiger partial charge in [0.05, 0.1) is 26.0 Å². The summed E-state index contributed by atoms with van der Waals surface area (Å²) in [6.07, 6.45) is 8.78. The first-order chi connectivity index (χ1) is 15.2. The minimum Gasteiger partial charge on any atom is -0.487 e. The van der Waals surface area contributed by atoms with E-state index in [0.717, 1.165) is 22.6 Å². The molecule has 7 nitrogen and oxygen atoms in total. The first-order valence-corrected chi connectivity index (χ1v) is 10.1. The topological polar surface area (TPSA) is 75.2 Å². The molecule has 0 saturated heterocycles. The Balaban J connectivity index is 1.20. The summed E-state index contributed by atoms with van der Waals surface area (Å²) in [6, 6.07) is 15.3. The summed E-state index contributed by atoms with van der Waals surface area (Å²) in [5.74, 6) is 1.28. The van der Waals surface area contributed by atoms with Crippen LogP contribution in [-0.4, -0.2) is 26.6 Å². The molecule has 0 spiro atoms. The van der Waals surface area contributed by atoms with E-state index >= 15 is 0 Å². The monoisotopic (exact) mass is 436 g/mol. The summed E-state index contributed by atoms with van der Waals surface area (Å²) >= 11 is 5.89. The zero-order chi connectivity index (χ0) is 21.3. The van der Waals surface area contributed by atoms with Gasteiger partial charge in [0.25, 0.3) is 0 Å². The van der Waals surface area contributed by atoms with E-state index < -0.39 is 0 Å². The Labute approximate surface area is 184 Å². The molecule has 0 amide bonds. The summed E-state index contributed by atoms with van der Waals surface area (Å²) < 4.78 is 18.7. The molecule has 0 bridgehead atoms. The van der Waals surface area contributed by atoms with Crippen LogP contribution in [0.2, 0.25) is 5.02 Å². The molecule has 0 aliphatic carbocycles. The van der Waals surface area contributed by atoms with Crippen LogP contribution in [-0.2, 0) is 24.5 Å². The van der Waals surface area contributed by atoms with Crippen molar-refractivity contribution in [3.05, 3.63) is 94.9 Å². The molecule has 4 aromatic rings. The lowest BCUT2D eigenvalue weighted by Gasteiger charge is -2.07. The highest BCUT2D eigenvalue weighted by Crippen LogP contribution is 2.16. The summed E-state index contributed by atoms with van der Waals surface area (Å²) in [7, 11) is 0. The predicted molar refractivity (Wildman–Crippen MR) is 117 cm³/mol. The number of aromatic nitrogens is 4. The van der Waals surface area contributed by atoms with E-state index in [1.807, 2.05) is 66.9 Å². The lowest BCUT2D eigenvalue weighted by molar-refractivity contribution is 0.110. The first kappa shape index (κ1) is 20.8. The van der Waals surface area contributed by atoms with E-state index in [0.29, 0.717) is 37.3 Å². The molecule has 8 heteroatoms. The predicted octanol–water partition coefficient (Wildman–Crippen LogP) is 4.89. The van der Waals surface area contributed by atoms with Gasteiger partial charge in [-0.2, -0.15) is 0 Å². The van der Waals surface area contributed by atoms with Gasteiger partial charge in [-0.05, 0) is 41.5 Å². The number of halogens is 1. The molecule has 0 fully saturated rings. The fourth-order valence-electron chi connectivity index (χ4n) is 2.75. The average Bonchev–Trinajstić information content (AvgIpc) is 3.48. The SMILES string of the molecule is Clc1ccc(C=Cc2nc(COc3ccc(COCCn4ccnn4)cc3)co2)cc1. The number of oxazole rings is 1. The van der Waals surface area contributed by atoms with E-state index in [1.165, 1.54) is 0 Å². The lowest BCUT2D eigenvalue weighted by atomic mass is 10.2. The molecule has 0 radical (unpaired) electrons. The highest BCUT2D eigenvalue weighted by Gasteiger charge is 2.03. The number of nitrogens with zero attached hydrogens (tertiary/aromatic N) is 4. The lowest BCUT2D eigenvalue weighted by Crippen LogP contribution is -2.06. The zero-order valence-corrected chi connectivity index (χ0v) is 17.5. The third-order valence-corrected chi connectivity index (χ3v) is 4.63. The van der Waals surface area contributed by atoms with Gasteiger partial charge in [-0.15, -0.1) is 5.10 Å². The highest BCUT2D eigenvalue weighted by atomic mass is 35.5. The summed E-state index contributed by atoms with van der Waals surface area (Å²) in [6.45, 7) is 2.10. The van der Waals surface area contributed by atoms with Gasteiger partial charge >= 0.3 is 0 Å². The Kier molecular flexibility index (Phi) is 7.10. The summed E-state index contributed by atoms with van der Waals surface area (Å²) in [5, 5.41) is 8.36. The number of ether oxygens (including phenoxy) is 2. The molecule has 2 aromatic carbocycles. The Hall–Kier alpha value is -3.42. The van der Waals surface area contributed by atoms with Crippen molar-refractivity contribution in [1.29, 1.82) is 0 Å². The van der Waals surface area contributed by atoms with Crippen LogP contribution in [0.1, 0.15) is 22.7 Å². The van der Waals surface area contributed by atoms with Gasteiger partial charge in [-0.25, -0.2) is 4.98 Å². The quantitative estimate of drug-likeness (QED) is 0.329. The van der Waals surface area contributed by atoms with Gasteiger partial charge in [0.2, 0.25) is 5.89 Å². The Morgan fingerprint density at radius 3 is 2.61 bits per heavy atom. The Morgan fingerprint density at radius 2 is 1.84 bits per heavy atom. The maximum atomic E-state index is 5.89. The normalized spacial score (nSPS) is 11.3. The van der Waals surface area contributed by atoms with Crippen LogP contribution in [0.25, 0.3) is 12.2 Å². The van der Waals surface area contributed by atoms with Crippen molar-refractivity contribution < 1.29 is 13.9 Å². The second-order valence-electron chi connectivity index (χ2n) is 6.71. The maximum Gasteiger partial charge on any atom is 0.218 e. The van der Waals surface area contributed by atoms with Gasteiger partial charge in [-0.1, -0.05) is 41.1 Å². The largest absolute Gasteiger partial charge is 0.487 e. The van der Waals surface area contributed by atoms with Crippen LogP contribution in [0.3, 0.4) is 0 Å². The van der Waals surface area contributed by atoms with Crippen molar-refractivity contribution in [1.82, 2.24) is 20.0 Å². The third kappa shape index (κ3) is 6.53. The van der Waals surface area contributed by atoms with Crippen molar-refractivity contribution in [2.45, 2.75) is 19.8 Å². The minimum atomic E-state index is 0.325. The molecule has 0 unspecified atom stereocenters. The molecule has 31 heavy (non-hydrogen) atoms. The summed E-state index contributed by atoms with van der Waals surface area (Å²) in [4.78, 5) is 4.41. The van der Waals surface area contributed by atoms with E-state index in [2.05, 4.69) is 15.3 Å². The van der Waals surface area contributed by atoms with Gasteiger partial charge in [0, 0.05) is 17.3 Å². The van der Waals surface area contributed by atoms with Crippen LogP contribution in [0.5, 0.6) is 5.75 Å². The number of rotatable bonds is 10. The molecule has 0 aliphatic rings. The van der Waals surface area contributed by atoms with Gasteiger partial charge in [0.1, 0.15) is 24.3 Å². The van der Waals surface area contributed by atoms with Crippen LogP contribution in [0.4, 0.5) is 0 Å². The van der Waals surface area contributed by atoms with E-state index in [4.69, 9.17) is 25.5 Å². The Bertz CT molecular complexity index is 1090. The fraction of sp³-hybridized carbons (Fsp3) is 0.174. The van der Waals surface area contributed by atoms with Gasteiger partial charge in [-0.3, -0.25) is 4.68 Å². The van der Waals surface area contributed by atoms with Crippen molar-refractivity contribution in [3.63, 3.8) is 0 Å². The standard InChI is InChI=1S/C23H21ClN4O3/c24-20-6-1-18(2-7-20)5-10-23-26-21(17-31-23)16-30-22-8-3-19(4-9-22)15-29-14-13-28-12-11-25-27-28/h1-12,17H,13-16H2. The number of benzene rings is 2. The molecule has 0 saturated carbocycles. The number of hydrogen-bond acceptors (Lipinski definition) is 6. The molecule has 4 rings (SSSR count).